The number of carbonyl (C=O) groups is 1. The maximum atomic E-state index is 12.4. The molecular formula is C18H19N3O2. The number of fused-ring (bicyclic) bond motifs is 1. The number of carbonyl (C=O) groups excluding carboxylic acids is 1. The highest BCUT2D eigenvalue weighted by molar-refractivity contribution is 6.05. The predicted octanol–water partition coefficient (Wildman–Crippen LogP) is 3.47. The van der Waals surface area contributed by atoms with Crippen LogP contribution in [0, 0.1) is 13.8 Å². The van der Waals surface area contributed by atoms with Crippen LogP contribution in [-0.4, -0.2) is 20.4 Å². The third-order valence-corrected chi connectivity index (χ3v) is 3.95. The van der Waals surface area contributed by atoms with Crippen LogP contribution in [0.15, 0.2) is 36.5 Å². The quantitative estimate of drug-likeness (QED) is 0.728. The number of phenolic OH excluding ortho intramolecular Hbond substituents is 1. The number of anilines is 1. The smallest absolute Gasteiger partial charge is 0.257 e. The summed E-state index contributed by atoms with van der Waals surface area (Å²) in [6.07, 6.45) is 2.63. The number of pyridine rings is 1. The molecule has 0 saturated carbocycles. The average Bonchev–Trinajstić information content (AvgIpc) is 2.86. The zero-order chi connectivity index (χ0) is 16.6. The van der Waals surface area contributed by atoms with Crippen LogP contribution in [-0.2, 0) is 6.42 Å². The Balaban J connectivity index is 1.93. The van der Waals surface area contributed by atoms with Gasteiger partial charge in [0.2, 0.25) is 0 Å². The Bertz CT molecular complexity index is 897. The van der Waals surface area contributed by atoms with E-state index in [2.05, 4.69) is 17.2 Å². The Hall–Kier alpha value is -2.82. The van der Waals surface area contributed by atoms with Gasteiger partial charge in [-0.05, 0) is 50.1 Å². The molecule has 118 valence electrons. The van der Waals surface area contributed by atoms with E-state index in [1.807, 2.05) is 30.4 Å². The summed E-state index contributed by atoms with van der Waals surface area (Å²) in [6.45, 7) is 5.93. The number of aromatic nitrogens is 2. The van der Waals surface area contributed by atoms with E-state index in [9.17, 15) is 9.90 Å². The molecule has 0 fully saturated rings. The van der Waals surface area contributed by atoms with Crippen molar-refractivity contribution in [2.45, 2.75) is 27.2 Å². The number of aromatic hydroxyl groups is 1. The third-order valence-electron chi connectivity index (χ3n) is 3.95. The van der Waals surface area contributed by atoms with Gasteiger partial charge in [0.05, 0.1) is 16.9 Å². The van der Waals surface area contributed by atoms with Crippen molar-refractivity contribution in [1.29, 1.82) is 0 Å². The SMILES string of the molecule is CCc1nc2ccc(C(=O)Nc3ccc(C)cc3O)cn2c1C. The molecule has 1 amide bonds. The first-order valence-corrected chi connectivity index (χ1v) is 7.58. The van der Waals surface area contributed by atoms with Gasteiger partial charge >= 0.3 is 0 Å². The zero-order valence-electron chi connectivity index (χ0n) is 13.4. The summed E-state index contributed by atoms with van der Waals surface area (Å²) in [5.74, 6) is -0.205. The van der Waals surface area contributed by atoms with Crippen molar-refractivity contribution in [3.8, 4) is 5.75 Å². The molecular weight excluding hydrogens is 290 g/mol. The second-order valence-electron chi connectivity index (χ2n) is 5.62. The molecule has 0 unspecified atom stereocenters. The Morgan fingerprint density at radius 3 is 2.74 bits per heavy atom. The highest BCUT2D eigenvalue weighted by atomic mass is 16.3. The summed E-state index contributed by atoms with van der Waals surface area (Å²) in [5, 5.41) is 12.6. The first kappa shape index (κ1) is 15.1. The summed E-state index contributed by atoms with van der Waals surface area (Å²) in [5.41, 5.74) is 4.74. The van der Waals surface area contributed by atoms with Gasteiger partial charge in [0.25, 0.3) is 5.91 Å². The second-order valence-corrected chi connectivity index (χ2v) is 5.62. The monoisotopic (exact) mass is 309 g/mol. The molecule has 2 N–H and O–H groups in total. The van der Waals surface area contributed by atoms with Crippen LogP contribution >= 0.6 is 0 Å². The van der Waals surface area contributed by atoms with E-state index in [0.717, 1.165) is 29.0 Å². The van der Waals surface area contributed by atoms with Crippen LogP contribution in [0.4, 0.5) is 5.69 Å². The molecule has 0 spiro atoms. The van der Waals surface area contributed by atoms with Gasteiger partial charge in [0.1, 0.15) is 11.4 Å². The summed E-state index contributed by atoms with van der Waals surface area (Å²) in [6, 6.07) is 8.72. The number of benzene rings is 1. The maximum absolute atomic E-state index is 12.4. The van der Waals surface area contributed by atoms with Crippen molar-refractivity contribution < 1.29 is 9.90 Å². The van der Waals surface area contributed by atoms with Crippen LogP contribution in [0.5, 0.6) is 5.75 Å². The second kappa shape index (κ2) is 5.76. The molecule has 0 aliphatic carbocycles. The Labute approximate surface area is 134 Å². The molecule has 0 saturated heterocycles. The number of nitrogens with zero attached hydrogens (tertiary/aromatic N) is 2. The van der Waals surface area contributed by atoms with E-state index in [0.29, 0.717) is 11.3 Å². The van der Waals surface area contributed by atoms with Gasteiger partial charge in [0.15, 0.2) is 0 Å². The van der Waals surface area contributed by atoms with Crippen LogP contribution in [0.25, 0.3) is 5.65 Å². The zero-order valence-corrected chi connectivity index (χ0v) is 13.4. The molecule has 5 nitrogen and oxygen atoms in total. The number of rotatable bonds is 3. The Kier molecular flexibility index (Phi) is 3.78. The fraction of sp³-hybridized carbons (Fsp3) is 0.222. The van der Waals surface area contributed by atoms with E-state index < -0.39 is 0 Å². The number of hydrogen-bond donors (Lipinski definition) is 2. The Morgan fingerprint density at radius 1 is 1.26 bits per heavy atom. The predicted molar refractivity (Wildman–Crippen MR) is 90.1 cm³/mol. The number of nitrogens with one attached hydrogen (secondary N) is 1. The average molecular weight is 309 g/mol. The van der Waals surface area contributed by atoms with Crippen molar-refractivity contribution in [1.82, 2.24) is 9.38 Å². The lowest BCUT2D eigenvalue weighted by Gasteiger charge is -2.08. The highest BCUT2D eigenvalue weighted by Crippen LogP contribution is 2.24. The molecule has 3 rings (SSSR count). The topological polar surface area (TPSA) is 66.6 Å². The summed E-state index contributed by atoms with van der Waals surface area (Å²) < 4.78 is 1.92. The lowest BCUT2D eigenvalue weighted by atomic mass is 10.2. The summed E-state index contributed by atoms with van der Waals surface area (Å²) >= 11 is 0. The molecule has 2 aromatic heterocycles. The molecule has 1 aromatic carbocycles. The van der Waals surface area contributed by atoms with Gasteiger partial charge in [0, 0.05) is 11.9 Å². The lowest BCUT2D eigenvalue weighted by Crippen LogP contribution is -2.13. The molecule has 23 heavy (non-hydrogen) atoms. The van der Waals surface area contributed by atoms with Gasteiger partial charge in [-0.1, -0.05) is 13.0 Å². The minimum atomic E-state index is -0.266. The van der Waals surface area contributed by atoms with E-state index in [1.54, 1.807) is 24.4 Å². The first-order valence-electron chi connectivity index (χ1n) is 7.58. The van der Waals surface area contributed by atoms with E-state index in [1.165, 1.54) is 0 Å². The Morgan fingerprint density at radius 2 is 2.04 bits per heavy atom. The number of aryl methyl sites for hydroxylation is 3. The van der Waals surface area contributed by atoms with Gasteiger partial charge in [-0.2, -0.15) is 0 Å². The van der Waals surface area contributed by atoms with Crippen molar-refractivity contribution >= 4 is 17.2 Å². The normalized spacial score (nSPS) is 10.9. The van der Waals surface area contributed by atoms with Crippen molar-refractivity contribution in [2.24, 2.45) is 0 Å². The largest absolute Gasteiger partial charge is 0.506 e. The lowest BCUT2D eigenvalue weighted by molar-refractivity contribution is 0.102. The molecule has 0 atom stereocenters. The van der Waals surface area contributed by atoms with Gasteiger partial charge in [-0.3, -0.25) is 4.79 Å². The van der Waals surface area contributed by atoms with Gasteiger partial charge in [-0.25, -0.2) is 4.98 Å². The molecule has 3 aromatic rings. The number of imidazole rings is 1. The number of phenols is 1. The molecule has 0 bridgehead atoms. The van der Waals surface area contributed by atoms with Gasteiger partial charge in [-0.15, -0.1) is 0 Å². The van der Waals surface area contributed by atoms with Crippen molar-refractivity contribution in [3.05, 3.63) is 59.0 Å². The molecule has 5 heteroatoms. The van der Waals surface area contributed by atoms with Crippen LogP contribution in [0.1, 0.15) is 34.2 Å². The van der Waals surface area contributed by atoms with Crippen LogP contribution in [0.3, 0.4) is 0 Å². The summed E-state index contributed by atoms with van der Waals surface area (Å²) in [4.78, 5) is 17.0. The molecule has 0 aliphatic rings. The summed E-state index contributed by atoms with van der Waals surface area (Å²) in [7, 11) is 0. The van der Waals surface area contributed by atoms with Crippen LogP contribution < -0.4 is 5.32 Å². The van der Waals surface area contributed by atoms with Crippen molar-refractivity contribution in [2.75, 3.05) is 5.32 Å². The van der Waals surface area contributed by atoms with E-state index in [-0.39, 0.29) is 11.7 Å². The van der Waals surface area contributed by atoms with Crippen LogP contribution in [0.2, 0.25) is 0 Å². The number of hydrogen-bond acceptors (Lipinski definition) is 3. The third kappa shape index (κ3) is 2.77. The highest BCUT2D eigenvalue weighted by Gasteiger charge is 2.12. The minimum Gasteiger partial charge on any atom is -0.506 e. The number of amides is 1. The van der Waals surface area contributed by atoms with E-state index in [4.69, 9.17) is 0 Å². The standard InChI is InChI=1S/C18H19N3O2/c1-4-14-12(3)21-10-13(6-8-17(21)19-14)18(23)20-15-7-5-11(2)9-16(15)22/h5-10,22H,4H2,1-3H3,(H,20,23). The van der Waals surface area contributed by atoms with E-state index >= 15 is 0 Å². The molecule has 0 radical (unpaired) electrons. The fourth-order valence-corrected chi connectivity index (χ4v) is 2.62. The van der Waals surface area contributed by atoms with Gasteiger partial charge < -0.3 is 14.8 Å². The molecule has 2 heterocycles. The molecule has 0 aliphatic heterocycles. The minimum absolute atomic E-state index is 0.0616. The maximum Gasteiger partial charge on any atom is 0.257 e. The fourth-order valence-electron chi connectivity index (χ4n) is 2.62. The first-order chi connectivity index (χ1) is 11.0. The van der Waals surface area contributed by atoms with Crippen molar-refractivity contribution in [3.63, 3.8) is 0 Å².